The lowest BCUT2D eigenvalue weighted by molar-refractivity contribution is -0.882. The van der Waals surface area contributed by atoms with Gasteiger partial charge in [0, 0.05) is 29.1 Å². The Bertz CT molecular complexity index is 1270. The molecule has 2 N–H and O–H groups in total. The molecule has 4 rings (SSSR count). The Morgan fingerprint density at radius 3 is 1.56 bits per heavy atom. The summed E-state index contributed by atoms with van der Waals surface area (Å²) in [7, 11) is 0. The minimum absolute atomic E-state index is 0.211. The van der Waals surface area contributed by atoms with Crippen molar-refractivity contribution >= 4 is 12.4 Å². The Hall–Kier alpha value is -3.48. The van der Waals surface area contributed by atoms with E-state index in [9.17, 15) is 15.4 Å². The van der Waals surface area contributed by atoms with Crippen LogP contribution in [0, 0.1) is 5.21 Å². The highest BCUT2D eigenvalue weighted by Crippen LogP contribution is 2.34. The van der Waals surface area contributed by atoms with E-state index in [-0.39, 0.29) is 47.5 Å². The molecule has 1 saturated heterocycles. The molecule has 1 aliphatic rings. The van der Waals surface area contributed by atoms with E-state index >= 15 is 0 Å². The molecule has 1 heterocycles. The lowest BCUT2D eigenvalue weighted by atomic mass is 9.85. The molecule has 0 spiro atoms. The van der Waals surface area contributed by atoms with E-state index in [4.69, 9.17) is 9.98 Å². The molecule has 206 valence electrons. The van der Waals surface area contributed by atoms with E-state index in [0.29, 0.717) is 17.7 Å². The summed E-state index contributed by atoms with van der Waals surface area (Å²) in [6.07, 6.45) is 3.35. The second-order valence-corrected chi connectivity index (χ2v) is 12.7. The molecule has 0 unspecified atom stereocenters. The summed E-state index contributed by atoms with van der Waals surface area (Å²) in [6.45, 7) is 13.2. The Kier molecular flexibility index (Phi) is 8.01. The van der Waals surface area contributed by atoms with E-state index < -0.39 is 4.65 Å². The summed E-state index contributed by atoms with van der Waals surface area (Å²) in [4.78, 5) is 9.62. The van der Waals surface area contributed by atoms with Crippen LogP contribution < -0.4 is 0 Å². The van der Waals surface area contributed by atoms with Gasteiger partial charge in [-0.25, -0.2) is 0 Å². The molecule has 3 aromatic carbocycles. The van der Waals surface area contributed by atoms with Crippen molar-refractivity contribution in [3.8, 4) is 11.5 Å². The summed E-state index contributed by atoms with van der Waals surface area (Å²) in [6, 6.07) is 20.4. The van der Waals surface area contributed by atoms with E-state index in [1.807, 2.05) is 66.7 Å². The number of quaternary nitrogens is 1. The number of likely N-dealkylation sites (tertiary alicyclic amines) is 1. The Morgan fingerprint density at radius 1 is 0.718 bits per heavy atom. The molecule has 0 aliphatic carbocycles. The highest BCUT2D eigenvalue weighted by atomic mass is 16.5. The molecule has 0 saturated carbocycles. The van der Waals surface area contributed by atoms with Crippen molar-refractivity contribution < 1.29 is 14.9 Å². The third-order valence-corrected chi connectivity index (χ3v) is 7.36. The van der Waals surface area contributed by atoms with Gasteiger partial charge in [-0.15, -0.1) is 0 Å². The number of hydrogen-bond donors (Lipinski definition) is 2. The number of aliphatic imine (C=N–C) groups is 2. The van der Waals surface area contributed by atoms with Gasteiger partial charge in [-0.2, -0.15) is 0 Å². The van der Waals surface area contributed by atoms with Crippen LogP contribution in [0.3, 0.4) is 0 Å². The lowest BCUT2D eigenvalue weighted by Gasteiger charge is -2.38. The first-order chi connectivity index (χ1) is 18.3. The van der Waals surface area contributed by atoms with Crippen molar-refractivity contribution in [2.45, 2.75) is 71.0 Å². The summed E-state index contributed by atoms with van der Waals surface area (Å²) in [5.74, 6) is 0.422. The van der Waals surface area contributed by atoms with Gasteiger partial charge in [0.25, 0.3) is 0 Å². The molecule has 2 atom stereocenters. The zero-order valence-electron chi connectivity index (χ0n) is 23.9. The largest absolute Gasteiger partial charge is 0.632 e. The minimum atomic E-state index is -0.434. The number of phenolic OH excluding ortho intramolecular Hbond substituents is 2. The van der Waals surface area contributed by atoms with Crippen LogP contribution in [0.1, 0.15) is 69.4 Å². The Balaban J connectivity index is 1.66. The van der Waals surface area contributed by atoms with Crippen molar-refractivity contribution in [3.63, 3.8) is 0 Å². The lowest BCUT2D eigenvalue weighted by Crippen LogP contribution is -2.39. The van der Waals surface area contributed by atoms with Gasteiger partial charge in [0.1, 0.15) is 43.2 Å². The molecule has 0 bridgehead atoms. The topological polar surface area (TPSA) is 88.2 Å². The van der Waals surface area contributed by atoms with Crippen LogP contribution in [0.25, 0.3) is 0 Å². The maximum atomic E-state index is 13.9. The molecular formula is C33H41N3O3. The molecule has 0 amide bonds. The maximum Gasteiger partial charge on any atom is 0.128 e. The number of para-hydroxylation sites is 2. The predicted octanol–water partition coefficient (Wildman–Crippen LogP) is 6.50. The summed E-state index contributed by atoms with van der Waals surface area (Å²) >= 11 is 0. The first-order valence-electron chi connectivity index (χ1n) is 13.6. The summed E-state index contributed by atoms with van der Waals surface area (Å²) < 4.78 is -0.434. The minimum Gasteiger partial charge on any atom is -0.632 e. The van der Waals surface area contributed by atoms with Crippen molar-refractivity contribution in [1.29, 1.82) is 0 Å². The average molecular weight is 528 g/mol. The van der Waals surface area contributed by atoms with Crippen molar-refractivity contribution in [2.75, 3.05) is 13.1 Å². The SMILES string of the molecule is CC(C)(C)c1cccc(C=N[C@@H]2C[N+]([O-])(Cc3ccccc3)C[C@H]2N=Cc2cccc(C(C)(C)C)c2O)c1O. The zero-order chi connectivity index (χ0) is 28.4. The molecule has 1 aliphatic heterocycles. The molecule has 0 radical (unpaired) electrons. The monoisotopic (exact) mass is 527 g/mol. The quantitative estimate of drug-likeness (QED) is 0.218. The van der Waals surface area contributed by atoms with Crippen LogP contribution in [0.5, 0.6) is 11.5 Å². The third-order valence-electron chi connectivity index (χ3n) is 7.36. The Morgan fingerprint density at radius 2 is 1.15 bits per heavy atom. The van der Waals surface area contributed by atoms with Crippen LogP contribution in [0.15, 0.2) is 76.7 Å². The Labute approximate surface area is 232 Å². The zero-order valence-corrected chi connectivity index (χ0v) is 23.9. The number of phenols is 2. The van der Waals surface area contributed by atoms with Gasteiger partial charge in [-0.3, -0.25) is 9.98 Å². The van der Waals surface area contributed by atoms with E-state index in [0.717, 1.165) is 16.7 Å². The van der Waals surface area contributed by atoms with Crippen molar-refractivity contribution in [1.82, 2.24) is 0 Å². The number of hydroxylamine groups is 3. The van der Waals surface area contributed by atoms with Crippen molar-refractivity contribution in [3.05, 3.63) is 99.8 Å². The normalized spacial score (nSPS) is 22.2. The van der Waals surface area contributed by atoms with Crippen LogP contribution in [-0.2, 0) is 17.4 Å². The van der Waals surface area contributed by atoms with E-state index in [1.54, 1.807) is 12.4 Å². The highest BCUT2D eigenvalue weighted by molar-refractivity contribution is 5.85. The number of rotatable bonds is 6. The molecule has 6 heteroatoms. The second-order valence-electron chi connectivity index (χ2n) is 12.7. The molecule has 1 fully saturated rings. The fourth-order valence-corrected chi connectivity index (χ4v) is 5.23. The first kappa shape index (κ1) is 28.5. The molecular weight excluding hydrogens is 486 g/mol. The summed E-state index contributed by atoms with van der Waals surface area (Å²) in [5, 5.41) is 35.8. The number of benzene rings is 3. The van der Waals surface area contributed by atoms with Crippen LogP contribution in [0.4, 0.5) is 0 Å². The molecule has 6 nitrogen and oxygen atoms in total. The van der Waals surface area contributed by atoms with E-state index in [2.05, 4.69) is 41.5 Å². The number of aromatic hydroxyl groups is 2. The molecule has 3 aromatic rings. The first-order valence-corrected chi connectivity index (χ1v) is 13.6. The maximum absolute atomic E-state index is 13.9. The standard InChI is InChI=1S/C33H41N3O3/c1-32(2,3)26-16-10-14-24(30(26)37)18-34-28-21-36(39,20-23-12-8-7-9-13-23)22-29(28)35-19-25-15-11-17-27(31(25)38)33(4,5)6/h7-19,28-29,37-38H,20-22H2,1-6H3/t28-,29-,36?/m1/s1. The smallest absolute Gasteiger partial charge is 0.128 e. The molecule has 39 heavy (non-hydrogen) atoms. The van der Waals surface area contributed by atoms with Gasteiger partial charge in [-0.1, -0.05) is 96.1 Å². The number of hydrogen-bond acceptors (Lipinski definition) is 5. The summed E-state index contributed by atoms with van der Waals surface area (Å²) in [5.41, 5.74) is 3.49. The van der Waals surface area contributed by atoms with Crippen LogP contribution in [-0.4, -0.2) is 52.5 Å². The van der Waals surface area contributed by atoms with Gasteiger partial charge < -0.3 is 20.1 Å². The van der Waals surface area contributed by atoms with Crippen LogP contribution in [0.2, 0.25) is 0 Å². The van der Waals surface area contributed by atoms with Crippen LogP contribution >= 0.6 is 0 Å². The average Bonchev–Trinajstić information content (AvgIpc) is 3.16. The number of nitrogens with zero attached hydrogens (tertiary/aromatic N) is 3. The second kappa shape index (κ2) is 10.9. The van der Waals surface area contributed by atoms with Gasteiger partial charge in [-0.05, 0) is 34.1 Å². The van der Waals surface area contributed by atoms with Crippen molar-refractivity contribution in [2.24, 2.45) is 9.98 Å². The van der Waals surface area contributed by atoms with Gasteiger partial charge in [0.2, 0.25) is 0 Å². The fraction of sp³-hybridized carbons (Fsp3) is 0.394. The highest BCUT2D eigenvalue weighted by Gasteiger charge is 2.40. The van der Waals surface area contributed by atoms with Gasteiger partial charge in [0.05, 0.1) is 0 Å². The van der Waals surface area contributed by atoms with Gasteiger partial charge >= 0.3 is 0 Å². The van der Waals surface area contributed by atoms with E-state index in [1.165, 1.54) is 0 Å². The predicted molar refractivity (Wildman–Crippen MR) is 160 cm³/mol. The molecule has 0 aromatic heterocycles. The fourth-order valence-electron chi connectivity index (χ4n) is 5.23. The third kappa shape index (κ3) is 6.75. The van der Waals surface area contributed by atoms with Gasteiger partial charge in [0.15, 0.2) is 0 Å².